The second kappa shape index (κ2) is 5.34. The summed E-state index contributed by atoms with van der Waals surface area (Å²) in [4.78, 5) is 23.2. The van der Waals surface area contributed by atoms with Crippen LogP contribution in [0.15, 0.2) is 24.3 Å². The molecule has 3 heteroatoms. The normalized spacial score (nSPS) is 22.8. The molecule has 18 heavy (non-hydrogen) atoms. The van der Waals surface area contributed by atoms with Crippen molar-refractivity contribution < 1.29 is 9.59 Å². The highest BCUT2D eigenvalue weighted by molar-refractivity contribution is 5.99. The van der Waals surface area contributed by atoms with Crippen molar-refractivity contribution in [2.75, 3.05) is 5.32 Å². The molecule has 0 radical (unpaired) electrons. The summed E-state index contributed by atoms with van der Waals surface area (Å²) in [6, 6.07) is 7.18. The van der Waals surface area contributed by atoms with Crippen molar-refractivity contribution >= 4 is 17.4 Å². The van der Waals surface area contributed by atoms with Crippen molar-refractivity contribution in [3.8, 4) is 0 Å². The first-order chi connectivity index (χ1) is 8.58. The van der Waals surface area contributed by atoms with Crippen LogP contribution >= 0.6 is 0 Å². The van der Waals surface area contributed by atoms with E-state index in [2.05, 4.69) is 12.2 Å². The number of nitrogens with one attached hydrogen (secondary N) is 1. The molecule has 1 aromatic rings. The summed E-state index contributed by atoms with van der Waals surface area (Å²) in [5.74, 6) is 0.817. The molecule has 0 saturated heterocycles. The molecule has 2 unspecified atom stereocenters. The van der Waals surface area contributed by atoms with Crippen molar-refractivity contribution in [1.82, 2.24) is 0 Å². The first-order valence-corrected chi connectivity index (χ1v) is 6.50. The Labute approximate surface area is 108 Å². The van der Waals surface area contributed by atoms with Gasteiger partial charge in [0.2, 0.25) is 5.91 Å². The van der Waals surface area contributed by atoms with E-state index in [4.69, 9.17) is 0 Å². The van der Waals surface area contributed by atoms with Crippen LogP contribution < -0.4 is 5.32 Å². The number of carbonyl (C=O) groups is 2. The van der Waals surface area contributed by atoms with Gasteiger partial charge in [0, 0.05) is 24.1 Å². The Morgan fingerprint density at radius 1 is 1.17 bits per heavy atom. The van der Waals surface area contributed by atoms with E-state index in [1.807, 2.05) is 0 Å². The van der Waals surface area contributed by atoms with Crippen molar-refractivity contribution in [3.05, 3.63) is 29.8 Å². The van der Waals surface area contributed by atoms with E-state index >= 15 is 0 Å². The molecule has 1 aliphatic carbocycles. The van der Waals surface area contributed by atoms with Gasteiger partial charge in [-0.3, -0.25) is 9.59 Å². The Morgan fingerprint density at radius 2 is 1.83 bits per heavy atom. The molecule has 1 fully saturated rings. The lowest BCUT2D eigenvalue weighted by Crippen LogP contribution is -2.17. The predicted molar refractivity (Wildman–Crippen MR) is 71.6 cm³/mol. The zero-order valence-electron chi connectivity index (χ0n) is 10.9. The number of hydrogen-bond donors (Lipinski definition) is 1. The van der Waals surface area contributed by atoms with Gasteiger partial charge in [-0.15, -0.1) is 0 Å². The van der Waals surface area contributed by atoms with Crippen LogP contribution in [0.5, 0.6) is 0 Å². The first kappa shape index (κ1) is 12.8. The van der Waals surface area contributed by atoms with Crippen LogP contribution in [0.4, 0.5) is 5.69 Å². The molecule has 3 nitrogen and oxygen atoms in total. The number of ketones is 1. The average molecular weight is 245 g/mol. The van der Waals surface area contributed by atoms with Crippen LogP contribution in [-0.2, 0) is 4.79 Å². The van der Waals surface area contributed by atoms with Crippen LogP contribution in [0, 0.1) is 11.8 Å². The van der Waals surface area contributed by atoms with E-state index in [1.165, 1.54) is 6.92 Å². The lowest BCUT2D eigenvalue weighted by Gasteiger charge is -2.14. The number of rotatable bonds is 3. The summed E-state index contributed by atoms with van der Waals surface area (Å²) in [6.07, 6.45) is 3.31. The van der Waals surface area contributed by atoms with Gasteiger partial charge in [0.25, 0.3) is 0 Å². The Hall–Kier alpha value is -1.64. The molecule has 0 spiro atoms. The fraction of sp³-hybridized carbons (Fsp3) is 0.467. The fourth-order valence-corrected chi connectivity index (χ4v) is 2.67. The number of anilines is 1. The fourth-order valence-electron chi connectivity index (χ4n) is 2.67. The molecule has 2 atom stereocenters. The third-order valence-electron chi connectivity index (χ3n) is 3.69. The van der Waals surface area contributed by atoms with Gasteiger partial charge in [0.05, 0.1) is 0 Å². The van der Waals surface area contributed by atoms with Crippen molar-refractivity contribution in [3.63, 3.8) is 0 Å². The number of benzene rings is 1. The van der Waals surface area contributed by atoms with E-state index in [1.54, 1.807) is 24.3 Å². The van der Waals surface area contributed by atoms with Crippen LogP contribution in [-0.4, -0.2) is 11.7 Å². The van der Waals surface area contributed by atoms with Crippen LogP contribution in [0.2, 0.25) is 0 Å². The summed E-state index contributed by atoms with van der Waals surface area (Å²) >= 11 is 0. The quantitative estimate of drug-likeness (QED) is 0.831. The molecule has 1 saturated carbocycles. The molecular weight excluding hydrogens is 226 g/mol. The lowest BCUT2D eigenvalue weighted by molar-refractivity contribution is -0.114. The van der Waals surface area contributed by atoms with E-state index in [0.717, 1.165) is 30.5 Å². The molecule has 1 aliphatic rings. The number of carbonyl (C=O) groups excluding carboxylic acids is 2. The minimum Gasteiger partial charge on any atom is -0.326 e. The van der Waals surface area contributed by atoms with E-state index in [0.29, 0.717) is 5.92 Å². The molecule has 0 bridgehead atoms. The van der Waals surface area contributed by atoms with Crippen LogP contribution in [0.3, 0.4) is 0 Å². The number of amides is 1. The second-order valence-electron chi connectivity index (χ2n) is 5.14. The molecule has 1 aromatic carbocycles. The van der Waals surface area contributed by atoms with Gasteiger partial charge in [0.15, 0.2) is 5.78 Å². The monoisotopic (exact) mass is 245 g/mol. The standard InChI is InChI=1S/C15H19NO2/c1-10-4-3-5-14(10)15(18)12-6-8-13(9-7-12)16-11(2)17/h6-10,14H,3-5H2,1-2H3,(H,16,17). The summed E-state index contributed by atoms with van der Waals surface area (Å²) in [5, 5.41) is 2.70. The maximum atomic E-state index is 12.3. The Kier molecular flexibility index (Phi) is 3.80. The molecule has 0 heterocycles. The van der Waals surface area contributed by atoms with E-state index < -0.39 is 0 Å². The minimum atomic E-state index is -0.0986. The average Bonchev–Trinajstić information content (AvgIpc) is 2.75. The molecule has 1 N–H and O–H groups in total. The lowest BCUT2D eigenvalue weighted by atomic mass is 9.89. The maximum Gasteiger partial charge on any atom is 0.221 e. The highest BCUT2D eigenvalue weighted by Gasteiger charge is 2.30. The van der Waals surface area contributed by atoms with Gasteiger partial charge in [-0.2, -0.15) is 0 Å². The highest BCUT2D eigenvalue weighted by Crippen LogP contribution is 2.33. The Morgan fingerprint density at radius 3 is 2.33 bits per heavy atom. The summed E-state index contributed by atoms with van der Waals surface area (Å²) in [5.41, 5.74) is 1.49. The van der Waals surface area contributed by atoms with Gasteiger partial charge in [-0.25, -0.2) is 0 Å². The van der Waals surface area contributed by atoms with Crippen molar-refractivity contribution in [2.24, 2.45) is 11.8 Å². The van der Waals surface area contributed by atoms with Gasteiger partial charge in [-0.1, -0.05) is 13.3 Å². The van der Waals surface area contributed by atoms with Crippen molar-refractivity contribution in [1.29, 1.82) is 0 Å². The smallest absolute Gasteiger partial charge is 0.221 e. The number of Topliss-reactive ketones (excluding diaryl/α,β-unsaturated/α-hetero) is 1. The predicted octanol–water partition coefficient (Wildman–Crippen LogP) is 3.26. The zero-order chi connectivity index (χ0) is 13.1. The topological polar surface area (TPSA) is 46.2 Å². The highest BCUT2D eigenvalue weighted by atomic mass is 16.1. The molecule has 0 aliphatic heterocycles. The first-order valence-electron chi connectivity index (χ1n) is 6.50. The molecular formula is C15H19NO2. The molecule has 2 rings (SSSR count). The van der Waals surface area contributed by atoms with Crippen LogP contribution in [0.25, 0.3) is 0 Å². The van der Waals surface area contributed by atoms with Gasteiger partial charge >= 0.3 is 0 Å². The van der Waals surface area contributed by atoms with Gasteiger partial charge < -0.3 is 5.32 Å². The minimum absolute atomic E-state index is 0.0986. The Bertz CT molecular complexity index is 450. The third-order valence-corrected chi connectivity index (χ3v) is 3.69. The summed E-state index contributed by atoms with van der Waals surface area (Å²) < 4.78 is 0. The summed E-state index contributed by atoms with van der Waals surface area (Å²) in [7, 11) is 0. The summed E-state index contributed by atoms with van der Waals surface area (Å²) in [6.45, 7) is 3.63. The molecule has 0 aromatic heterocycles. The second-order valence-corrected chi connectivity index (χ2v) is 5.14. The largest absolute Gasteiger partial charge is 0.326 e. The Balaban J connectivity index is 2.09. The molecule has 1 amide bonds. The zero-order valence-corrected chi connectivity index (χ0v) is 10.9. The van der Waals surface area contributed by atoms with Crippen molar-refractivity contribution in [2.45, 2.75) is 33.1 Å². The van der Waals surface area contributed by atoms with Gasteiger partial charge in [-0.05, 0) is 43.0 Å². The van der Waals surface area contributed by atoms with E-state index in [-0.39, 0.29) is 17.6 Å². The third kappa shape index (κ3) is 2.78. The SMILES string of the molecule is CC(=O)Nc1ccc(C(=O)C2CCCC2C)cc1. The molecule has 96 valence electrons. The van der Waals surface area contributed by atoms with Gasteiger partial charge in [0.1, 0.15) is 0 Å². The maximum absolute atomic E-state index is 12.3. The number of hydrogen-bond acceptors (Lipinski definition) is 2. The van der Waals surface area contributed by atoms with Crippen LogP contribution in [0.1, 0.15) is 43.5 Å². The van der Waals surface area contributed by atoms with E-state index in [9.17, 15) is 9.59 Å².